The summed E-state index contributed by atoms with van der Waals surface area (Å²) in [7, 11) is 1.71. The SMILES string of the molecule is COc1ccc(CN2C3CC2CN(SC)C3)cc1. The van der Waals surface area contributed by atoms with Crippen molar-refractivity contribution in [2.24, 2.45) is 0 Å². The van der Waals surface area contributed by atoms with Gasteiger partial charge in [0.05, 0.1) is 7.11 Å². The maximum Gasteiger partial charge on any atom is 0.118 e. The Bertz CT molecular complexity index is 397. The van der Waals surface area contributed by atoms with E-state index in [-0.39, 0.29) is 0 Å². The maximum atomic E-state index is 5.19. The Labute approximate surface area is 113 Å². The highest BCUT2D eigenvalue weighted by molar-refractivity contribution is 7.96. The predicted octanol–water partition coefficient (Wildman–Crippen LogP) is 2.23. The maximum absolute atomic E-state index is 5.19. The molecule has 0 saturated carbocycles. The van der Waals surface area contributed by atoms with Crippen LogP contribution in [0.3, 0.4) is 0 Å². The van der Waals surface area contributed by atoms with Crippen LogP contribution < -0.4 is 4.74 Å². The van der Waals surface area contributed by atoms with Crippen LogP contribution in [-0.2, 0) is 6.54 Å². The minimum absolute atomic E-state index is 0.762. The zero-order chi connectivity index (χ0) is 12.5. The molecule has 2 aliphatic heterocycles. The summed E-state index contributed by atoms with van der Waals surface area (Å²) < 4.78 is 7.68. The lowest BCUT2D eigenvalue weighted by atomic mass is 9.88. The van der Waals surface area contributed by atoms with E-state index in [2.05, 4.69) is 39.7 Å². The molecule has 0 N–H and O–H groups in total. The number of ether oxygens (including phenoxy) is 1. The highest BCUT2D eigenvalue weighted by atomic mass is 32.2. The number of benzene rings is 1. The highest BCUT2D eigenvalue weighted by Crippen LogP contribution is 2.35. The molecule has 98 valence electrons. The second kappa shape index (κ2) is 5.11. The summed E-state index contributed by atoms with van der Waals surface area (Å²) in [4.78, 5) is 2.65. The third-order valence-electron chi connectivity index (χ3n) is 4.09. The molecule has 0 aliphatic carbocycles. The molecule has 2 saturated heterocycles. The van der Waals surface area contributed by atoms with Crippen molar-refractivity contribution >= 4 is 11.9 Å². The fourth-order valence-electron chi connectivity index (χ4n) is 3.00. The normalized spacial score (nSPS) is 27.9. The third-order valence-corrected chi connectivity index (χ3v) is 4.91. The van der Waals surface area contributed by atoms with E-state index in [0.717, 1.165) is 24.4 Å². The summed E-state index contributed by atoms with van der Waals surface area (Å²) >= 11 is 1.88. The van der Waals surface area contributed by atoms with Gasteiger partial charge in [-0.1, -0.05) is 24.1 Å². The molecule has 2 atom stereocenters. The van der Waals surface area contributed by atoms with Crippen molar-refractivity contribution in [3.63, 3.8) is 0 Å². The summed E-state index contributed by atoms with van der Waals surface area (Å²) in [5, 5.41) is 0. The van der Waals surface area contributed by atoms with Gasteiger partial charge in [-0.05, 0) is 30.4 Å². The van der Waals surface area contributed by atoms with Crippen LogP contribution in [-0.4, -0.2) is 47.7 Å². The molecule has 2 heterocycles. The second-order valence-electron chi connectivity index (χ2n) is 5.09. The molecular weight excluding hydrogens is 244 g/mol. The van der Waals surface area contributed by atoms with Crippen molar-refractivity contribution in [1.29, 1.82) is 0 Å². The topological polar surface area (TPSA) is 15.7 Å². The van der Waals surface area contributed by atoms with Gasteiger partial charge in [0, 0.05) is 31.7 Å². The van der Waals surface area contributed by atoms with E-state index in [1.54, 1.807) is 7.11 Å². The lowest BCUT2D eigenvalue weighted by molar-refractivity contribution is -0.0469. The molecule has 2 aliphatic rings. The van der Waals surface area contributed by atoms with Crippen LogP contribution in [0, 0.1) is 0 Å². The first-order valence-corrected chi connectivity index (χ1v) is 7.66. The smallest absolute Gasteiger partial charge is 0.118 e. The van der Waals surface area contributed by atoms with E-state index >= 15 is 0 Å². The Morgan fingerprint density at radius 3 is 2.44 bits per heavy atom. The van der Waals surface area contributed by atoms with Crippen molar-refractivity contribution < 1.29 is 4.74 Å². The molecular formula is C14H20N2OS. The van der Waals surface area contributed by atoms with E-state index in [1.165, 1.54) is 25.1 Å². The van der Waals surface area contributed by atoms with Gasteiger partial charge in [0.15, 0.2) is 0 Å². The molecule has 18 heavy (non-hydrogen) atoms. The first-order valence-electron chi connectivity index (χ1n) is 6.48. The zero-order valence-corrected chi connectivity index (χ0v) is 11.8. The van der Waals surface area contributed by atoms with E-state index in [4.69, 9.17) is 4.74 Å². The minimum Gasteiger partial charge on any atom is -0.497 e. The van der Waals surface area contributed by atoms with Crippen LogP contribution in [0.5, 0.6) is 5.75 Å². The number of hydrogen-bond acceptors (Lipinski definition) is 4. The van der Waals surface area contributed by atoms with Gasteiger partial charge in [-0.25, -0.2) is 4.31 Å². The Morgan fingerprint density at radius 2 is 1.89 bits per heavy atom. The predicted molar refractivity (Wildman–Crippen MR) is 75.8 cm³/mol. The van der Waals surface area contributed by atoms with E-state index < -0.39 is 0 Å². The van der Waals surface area contributed by atoms with E-state index in [9.17, 15) is 0 Å². The molecule has 0 amide bonds. The molecule has 2 fully saturated rings. The summed E-state index contributed by atoms with van der Waals surface area (Å²) in [5.74, 6) is 0.941. The van der Waals surface area contributed by atoms with Crippen molar-refractivity contribution in [2.45, 2.75) is 25.0 Å². The van der Waals surface area contributed by atoms with Gasteiger partial charge in [-0.3, -0.25) is 4.90 Å². The molecule has 0 radical (unpaired) electrons. The van der Waals surface area contributed by atoms with Gasteiger partial charge in [0.2, 0.25) is 0 Å². The molecule has 3 rings (SSSR count). The first-order chi connectivity index (χ1) is 8.80. The van der Waals surface area contributed by atoms with Crippen LogP contribution in [0.15, 0.2) is 24.3 Å². The average Bonchev–Trinajstić information content (AvgIpc) is 2.45. The largest absolute Gasteiger partial charge is 0.497 e. The van der Waals surface area contributed by atoms with Crippen molar-refractivity contribution in [3.05, 3.63) is 29.8 Å². The quantitative estimate of drug-likeness (QED) is 0.775. The Kier molecular flexibility index (Phi) is 3.50. The Balaban J connectivity index is 1.61. The minimum atomic E-state index is 0.762. The standard InChI is InChI=1S/C14H20N2OS/c1-17-14-5-3-11(4-6-14)8-16-12-7-13(16)10-15(9-12)18-2/h3-6,12-13H,7-10H2,1-2H3. The number of methoxy groups -OCH3 is 1. The van der Waals surface area contributed by atoms with Gasteiger partial charge >= 0.3 is 0 Å². The van der Waals surface area contributed by atoms with Crippen molar-refractivity contribution in [3.8, 4) is 5.75 Å². The van der Waals surface area contributed by atoms with Gasteiger partial charge in [-0.15, -0.1) is 0 Å². The Morgan fingerprint density at radius 1 is 1.22 bits per heavy atom. The van der Waals surface area contributed by atoms with Crippen LogP contribution in [0.25, 0.3) is 0 Å². The molecule has 2 bridgehead atoms. The summed E-state index contributed by atoms with van der Waals surface area (Å²) in [5.41, 5.74) is 1.39. The molecule has 1 aromatic rings. The average molecular weight is 264 g/mol. The molecule has 4 heteroatoms. The summed E-state index contributed by atoms with van der Waals surface area (Å²) in [6.07, 6.45) is 3.56. The first kappa shape index (κ1) is 12.3. The lowest BCUT2D eigenvalue weighted by Crippen LogP contribution is -2.66. The molecule has 0 spiro atoms. The number of nitrogens with zero attached hydrogens (tertiary/aromatic N) is 2. The van der Waals surface area contributed by atoms with Gasteiger partial charge < -0.3 is 4.74 Å². The summed E-state index contributed by atoms with van der Waals surface area (Å²) in [6, 6.07) is 9.99. The van der Waals surface area contributed by atoms with Crippen LogP contribution >= 0.6 is 11.9 Å². The monoisotopic (exact) mass is 264 g/mol. The molecule has 1 aromatic carbocycles. The molecule has 0 aromatic heterocycles. The zero-order valence-electron chi connectivity index (χ0n) is 11.0. The van der Waals surface area contributed by atoms with Crippen LogP contribution in [0.4, 0.5) is 0 Å². The summed E-state index contributed by atoms with van der Waals surface area (Å²) in [6.45, 7) is 3.52. The third kappa shape index (κ3) is 2.25. The van der Waals surface area contributed by atoms with Crippen molar-refractivity contribution in [2.75, 3.05) is 26.5 Å². The number of rotatable bonds is 4. The van der Waals surface area contributed by atoms with Crippen LogP contribution in [0.2, 0.25) is 0 Å². The number of hydrogen-bond donors (Lipinski definition) is 0. The fourth-order valence-corrected chi connectivity index (χ4v) is 3.64. The fraction of sp³-hybridized carbons (Fsp3) is 0.571. The number of likely N-dealkylation sites (tertiary alicyclic amines) is 1. The van der Waals surface area contributed by atoms with E-state index in [0.29, 0.717) is 0 Å². The number of piperazine rings is 1. The molecule has 2 unspecified atom stereocenters. The van der Waals surface area contributed by atoms with Gasteiger partial charge in [0.1, 0.15) is 5.75 Å². The Hall–Kier alpha value is -0.710. The van der Waals surface area contributed by atoms with Gasteiger partial charge in [0.25, 0.3) is 0 Å². The highest BCUT2D eigenvalue weighted by Gasteiger charge is 2.44. The lowest BCUT2D eigenvalue weighted by Gasteiger charge is -2.56. The second-order valence-corrected chi connectivity index (χ2v) is 5.97. The number of piperidine rings is 1. The van der Waals surface area contributed by atoms with Crippen molar-refractivity contribution in [1.82, 2.24) is 9.21 Å². The number of fused-ring (bicyclic) bond motifs is 2. The van der Waals surface area contributed by atoms with Gasteiger partial charge in [-0.2, -0.15) is 0 Å². The van der Waals surface area contributed by atoms with Crippen LogP contribution in [0.1, 0.15) is 12.0 Å². The van der Waals surface area contributed by atoms with E-state index in [1.807, 2.05) is 11.9 Å². The molecule has 3 nitrogen and oxygen atoms in total.